The van der Waals surface area contributed by atoms with Crippen molar-refractivity contribution >= 4 is 11.6 Å². The van der Waals surface area contributed by atoms with Crippen LogP contribution in [-0.2, 0) is 4.79 Å². The second kappa shape index (κ2) is 5.12. The number of methoxy groups -OCH3 is 1. The maximum Gasteiger partial charge on any atom is 0.229 e. The van der Waals surface area contributed by atoms with E-state index >= 15 is 0 Å². The Morgan fingerprint density at radius 3 is 2.68 bits per heavy atom. The van der Waals surface area contributed by atoms with E-state index in [0.29, 0.717) is 24.7 Å². The third-order valence-corrected chi connectivity index (χ3v) is 4.26. The van der Waals surface area contributed by atoms with Gasteiger partial charge in [-0.15, -0.1) is 0 Å². The van der Waals surface area contributed by atoms with Gasteiger partial charge in [-0.1, -0.05) is 5.16 Å². The molecular formula is C16H17N3O3. The molecule has 0 bridgehead atoms. The Bertz CT molecular complexity index is 691. The summed E-state index contributed by atoms with van der Waals surface area (Å²) in [5, 5.41) is 4.06. The first-order valence-corrected chi connectivity index (χ1v) is 7.52. The molecule has 6 heteroatoms. The fraction of sp³-hybridized carbons (Fsp3) is 0.438. The molecule has 0 radical (unpaired) electrons. The molecule has 2 aliphatic rings. The molecule has 22 heavy (non-hydrogen) atoms. The average molecular weight is 299 g/mol. The molecular weight excluding hydrogens is 282 g/mol. The monoisotopic (exact) mass is 299 g/mol. The van der Waals surface area contributed by atoms with Crippen molar-refractivity contribution in [3.8, 4) is 5.75 Å². The van der Waals surface area contributed by atoms with Crippen molar-refractivity contribution in [3.63, 3.8) is 0 Å². The Labute approximate surface area is 128 Å². The number of ether oxygens (including phenoxy) is 1. The molecule has 1 amide bonds. The number of anilines is 1. The molecule has 1 unspecified atom stereocenters. The summed E-state index contributed by atoms with van der Waals surface area (Å²) in [6.07, 6.45) is 2.68. The van der Waals surface area contributed by atoms with Crippen molar-refractivity contribution in [2.45, 2.75) is 31.1 Å². The Hall–Kier alpha value is -2.37. The minimum Gasteiger partial charge on any atom is -0.497 e. The topological polar surface area (TPSA) is 68.5 Å². The average Bonchev–Trinajstić information content (AvgIpc) is 3.15. The van der Waals surface area contributed by atoms with E-state index in [1.165, 1.54) is 0 Å². The Morgan fingerprint density at radius 1 is 1.23 bits per heavy atom. The largest absolute Gasteiger partial charge is 0.497 e. The van der Waals surface area contributed by atoms with Crippen LogP contribution in [-0.4, -0.2) is 29.7 Å². The highest BCUT2D eigenvalue weighted by Gasteiger charge is 2.36. The van der Waals surface area contributed by atoms with Crippen LogP contribution in [0, 0.1) is 0 Å². The van der Waals surface area contributed by atoms with Gasteiger partial charge in [0.15, 0.2) is 5.82 Å². The molecule has 114 valence electrons. The lowest BCUT2D eigenvalue weighted by Crippen LogP contribution is -2.24. The van der Waals surface area contributed by atoms with Gasteiger partial charge in [-0.3, -0.25) is 4.79 Å². The van der Waals surface area contributed by atoms with Crippen LogP contribution in [0.15, 0.2) is 28.8 Å². The van der Waals surface area contributed by atoms with Gasteiger partial charge in [0.1, 0.15) is 5.75 Å². The maximum absolute atomic E-state index is 12.3. The van der Waals surface area contributed by atoms with Crippen LogP contribution in [0.1, 0.15) is 42.8 Å². The van der Waals surface area contributed by atoms with E-state index in [4.69, 9.17) is 9.26 Å². The van der Waals surface area contributed by atoms with Crippen molar-refractivity contribution in [1.29, 1.82) is 0 Å². The van der Waals surface area contributed by atoms with Crippen LogP contribution in [0.25, 0.3) is 0 Å². The number of hydrogen-bond acceptors (Lipinski definition) is 5. The third kappa shape index (κ3) is 2.34. The number of rotatable bonds is 4. The predicted octanol–water partition coefficient (Wildman–Crippen LogP) is 2.48. The summed E-state index contributed by atoms with van der Waals surface area (Å²) in [6, 6.07) is 7.50. The molecule has 0 spiro atoms. The summed E-state index contributed by atoms with van der Waals surface area (Å²) in [5.41, 5.74) is 0.874. The lowest BCUT2D eigenvalue weighted by molar-refractivity contribution is -0.117. The summed E-state index contributed by atoms with van der Waals surface area (Å²) in [5.74, 6) is 2.70. The molecule has 2 aromatic rings. The Kier molecular flexibility index (Phi) is 3.10. The summed E-state index contributed by atoms with van der Waals surface area (Å²) >= 11 is 0. The van der Waals surface area contributed by atoms with E-state index in [2.05, 4.69) is 10.1 Å². The smallest absolute Gasteiger partial charge is 0.229 e. The highest BCUT2D eigenvalue weighted by Crippen LogP contribution is 2.40. The van der Waals surface area contributed by atoms with Crippen molar-refractivity contribution in [3.05, 3.63) is 36.0 Å². The maximum atomic E-state index is 12.3. The van der Waals surface area contributed by atoms with Gasteiger partial charge in [-0.2, -0.15) is 4.98 Å². The number of aromatic nitrogens is 2. The number of carbonyl (C=O) groups is 1. The quantitative estimate of drug-likeness (QED) is 0.867. The third-order valence-electron chi connectivity index (χ3n) is 4.26. The first-order valence-electron chi connectivity index (χ1n) is 7.52. The lowest BCUT2D eigenvalue weighted by atomic mass is 10.1. The van der Waals surface area contributed by atoms with E-state index in [0.717, 1.165) is 30.2 Å². The van der Waals surface area contributed by atoms with Gasteiger partial charge < -0.3 is 14.2 Å². The van der Waals surface area contributed by atoms with Crippen molar-refractivity contribution in [2.75, 3.05) is 18.6 Å². The number of benzene rings is 1. The summed E-state index contributed by atoms with van der Waals surface area (Å²) in [4.78, 5) is 18.5. The fourth-order valence-corrected chi connectivity index (χ4v) is 2.80. The number of nitrogens with zero attached hydrogens (tertiary/aromatic N) is 3. The predicted molar refractivity (Wildman–Crippen MR) is 79.0 cm³/mol. The number of hydrogen-bond donors (Lipinski definition) is 0. The first kappa shape index (κ1) is 13.3. The van der Waals surface area contributed by atoms with Crippen LogP contribution in [0.5, 0.6) is 5.75 Å². The van der Waals surface area contributed by atoms with Gasteiger partial charge in [-0.05, 0) is 37.1 Å². The molecule has 1 aromatic heterocycles. The van der Waals surface area contributed by atoms with Crippen molar-refractivity contribution < 1.29 is 14.1 Å². The van der Waals surface area contributed by atoms with Crippen molar-refractivity contribution in [2.24, 2.45) is 0 Å². The lowest BCUT2D eigenvalue weighted by Gasteiger charge is -2.16. The summed E-state index contributed by atoms with van der Waals surface area (Å²) < 4.78 is 10.4. The highest BCUT2D eigenvalue weighted by molar-refractivity contribution is 5.96. The van der Waals surface area contributed by atoms with Crippen molar-refractivity contribution in [1.82, 2.24) is 10.1 Å². The first-order chi connectivity index (χ1) is 10.7. The van der Waals surface area contributed by atoms with E-state index in [1.54, 1.807) is 12.0 Å². The van der Waals surface area contributed by atoms with E-state index in [-0.39, 0.29) is 11.8 Å². The van der Waals surface area contributed by atoms with Gasteiger partial charge in [-0.25, -0.2) is 0 Å². The van der Waals surface area contributed by atoms with E-state index in [9.17, 15) is 4.79 Å². The van der Waals surface area contributed by atoms with Crippen LogP contribution in [0.2, 0.25) is 0 Å². The summed E-state index contributed by atoms with van der Waals surface area (Å²) in [6.45, 7) is 0.592. The normalized spacial score (nSPS) is 21.4. The molecule has 6 nitrogen and oxygen atoms in total. The van der Waals surface area contributed by atoms with Crippen LogP contribution >= 0.6 is 0 Å². The molecule has 1 aromatic carbocycles. The molecule has 1 saturated heterocycles. The van der Waals surface area contributed by atoms with E-state index in [1.807, 2.05) is 24.3 Å². The summed E-state index contributed by atoms with van der Waals surface area (Å²) in [7, 11) is 1.62. The van der Waals surface area contributed by atoms with Crippen LogP contribution in [0.4, 0.5) is 5.69 Å². The molecule has 1 atom stereocenters. The van der Waals surface area contributed by atoms with Crippen LogP contribution in [0.3, 0.4) is 0 Å². The molecule has 0 N–H and O–H groups in total. The molecule has 1 aliphatic carbocycles. The zero-order chi connectivity index (χ0) is 15.1. The fourth-order valence-electron chi connectivity index (χ4n) is 2.80. The van der Waals surface area contributed by atoms with Gasteiger partial charge in [0, 0.05) is 30.5 Å². The molecule has 1 saturated carbocycles. The molecule has 1 aliphatic heterocycles. The molecule has 4 rings (SSSR count). The van der Waals surface area contributed by atoms with Crippen LogP contribution < -0.4 is 9.64 Å². The zero-order valence-electron chi connectivity index (χ0n) is 12.4. The molecule has 2 fully saturated rings. The van der Waals surface area contributed by atoms with Gasteiger partial charge in [0.05, 0.1) is 7.11 Å². The zero-order valence-corrected chi connectivity index (χ0v) is 12.4. The number of amides is 1. The Balaban J connectivity index is 1.51. The van der Waals surface area contributed by atoms with Gasteiger partial charge >= 0.3 is 0 Å². The van der Waals surface area contributed by atoms with Gasteiger partial charge in [0.2, 0.25) is 11.8 Å². The second-order valence-electron chi connectivity index (χ2n) is 5.87. The molecule has 2 heterocycles. The number of carbonyl (C=O) groups excluding carboxylic acids is 1. The van der Waals surface area contributed by atoms with Gasteiger partial charge in [0.25, 0.3) is 0 Å². The highest BCUT2D eigenvalue weighted by atomic mass is 16.5. The minimum atomic E-state index is 0.00542. The standard InChI is InChI=1S/C16H17N3O3/c1-21-13-6-4-12(5-7-13)19-9-11(8-14(19)20)15-17-16(22-18-15)10-2-3-10/h4-7,10-11H,2-3,8-9H2,1H3. The Morgan fingerprint density at radius 2 is 2.00 bits per heavy atom. The SMILES string of the molecule is COc1ccc(N2CC(c3noc(C4CC4)n3)CC2=O)cc1. The van der Waals surface area contributed by atoms with E-state index < -0.39 is 0 Å². The minimum absolute atomic E-state index is 0.00542. The second-order valence-corrected chi connectivity index (χ2v) is 5.87.